The largest absolute Gasteiger partial charge is 0.343 e. The zero-order valence-corrected chi connectivity index (χ0v) is 16.3. The number of benzene rings is 1. The molecule has 142 valence electrons. The molecule has 0 spiro atoms. The zero-order chi connectivity index (χ0) is 19.6. The molecule has 3 heterocycles. The maximum atomic E-state index is 13.3. The van der Waals surface area contributed by atoms with E-state index in [1.165, 1.54) is 4.57 Å². The lowest BCUT2D eigenvalue weighted by Gasteiger charge is -2.26. The number of carbonyl (C=O) groups excluding carboxylic acids is 1. The van der Waals surface area contributed by atoms with Gasteiger partial charge in [0.1, 0.15) is 11.9 Å². The molecule has 3 aromatic rings. The molecular formula is C21H19ClN4O2. The molecule has 0 radical (unpaired) electrons. The van der Waals surface area contributed by atoms with Crippen molar-refractivity contribution in [3.05, 3.63) is 80.2 Å². The second-order valence-electron chi connectivity index (χ2n) is 7.59. The average molecular weight is 395 g/mol. The second kappa shape index (κ2) is 6.07. The van der Waals surface area contributed by atoms with Crippen LogP contribution in [0.3, 0.4) is 0 Å². The number of hydrogen-bond acceptors (Lipinski definition) is 3. The molecule has 2 aliphatic rings. The number of nitrogens with one attached hydrogen (secondary N) is 1. The van der Waals surface area contributed by atoms with Gasteiger partial charge in [-0.2, -0.15) is 0 Å². The van der Waals surface area contributed by atoms with Gasteiger partial charge in [-0.3, -0.25) is 14.5 Å². The van der Waals surface area contributed by atoms with Crippen LogP contribution in [-0.4, -0.2) is 20.4 Å². The lowest BCUT2D eigenvalue weighted by Crippen LogP contribution is -2.31. The standard InChI is InChI=1S/C21H19ClN4O2/c1-11-9-15(10-25(2)20(11)27)26-18(12-5-7-14(22)8-6-12)16-17(21(26)28)24-19(23-16)13-3-4-13/h5-10,13,18H,3-4H2,1-2H3,(H,23,24)/t18-/m0/s1. The Bertz CT molecular complexity index is 1130. The van der Waals surface area contributed by atoms with Gasteiger partial charge in [-0.25, -0.2) is 4.98 Å². The van der Waals surface area contributed by atoms with Crippen molar-refractivity contribution in [3.63, 3.8) is 0 Å². The van der Waals surface area contributed by atoms with Crippen LogP contribution in [0, 0.1) is 6.92 Å². The van der Waals surface area contributed by atoms with Crippen LogP contribution in [0.5, 0.6) is 0 Å². The van der Waals surface area contributed by atoms with E-state index < -0.39 is 0 Å². The van der Waals surface area contributed by atoms with E-state index in [0.717, 1.165) is 29.9 Å². The Hall–Kier alpha value is -2.86. The maximum Gasteiger partial charge on any atom is 0.279 e. The van der Waals surface area contributed by atoms with Gasteiger partial charge in [0.05, 0.1) is 11.4 Å². The molecule has 1 N–H and O–H groups in total. The highest BCUT2D eigenvalue weighted by molar-refractivity contribution is 6.30. The third-order valence-corrected chi connectivity index (χ3v) is 5.73. The van der Waals surface area contributed by atoms with Crippen LogP contribution >= 0.6 is 11.6 Å². The molecule has 2 aromatic heterocycles. The van der Waals surface area contributed by atoms with Gasteiger partial charge in [0.2, 0.25) is 0 Å². The van der Waals surface area contributed by atoms with E-state index in [9.17, 15) is 9.59 Å². The number of fused-ring (bicyclic) bond motifs is 1. The Kier molecular flexibility index (Phi) is 3.74. The highest BCUT2D eigenvalue weighted by Gasteiger charge is 2.43. The third kappa shape index (κ3) is 2.59. The summed E-state index contributed by atoms with van der Waals surface area (Å²) < 4.78 is 1.51. The summed E-state index contributed by atoms with van der Waals surface area (Å²) in [5.74, 6) is 1.17. The predicted molar refractivity (Wildman–Crippen MR) is 107 cm³/mol. The molecule has 1 atom stereocenters. The van der Waals surface area contributed by atoms with Crippen molar-refractivity contribution in [3.8, 4) is 0 Å². The number of rotatable bonds is 3. The van der Waals surface area contributed by atoms with E-state index in [0.29, 0.717) is 27.9 Å². The molecular weight excluding hydrogens is 376 g/mol. The van der Waals surface area contributed by atoms with E-state index in [-0.39, 0.29) is 17.5 Å². The maximum absolute atomic E-state index is 13.3. The molecule has 1 saturated carbocycles. The van der Waals surface area contributed by atoms with Crippen LogP contribution in [0.1, 0.15) is 57.9 Å². The summed E-state index contributed by atoms with van der Waals surface area (Å²) in [7, 11) is 1.69. The fourth-order valence-electron chi connectivity index (χ4n) is 3.89. The van der Waals surface area contributed by atoms with Crippen molar-refractivity contribution in [2.75, 3.05) is 4.90 Å². The Morgan fingerprint density at radius 2 is 1.89 bits per heavy atom. The summed E-state index contributed by atoms with van der Waals surface area (Å²) in [6.07, 6.45) is 3.91. The summed E-state index contributed by atoms with van der Waals surface area (Å²) in [5, 5.41) is 0.640. The molecule has 5 rings (SSSR count). The minimum atomic E-state index is -0.336. The van der Waals surface area contributed by atoms with Gasteiger partial charge in [-0.15, -0.1) is 0 Å². The summed E-state index contributed by atoms with van der Waals surface area (Å²) in [6, 6.07) is 8.92. The Morgan fingerprint density at radius 1 is 1.18 bits per heavy atom. The van der Waals surface area contributed by atoms with E-state index in [1.54, 1.807) is 31.1 Å². The molecule has 6 nitrogen and oxygen atoms in total. The second-order valence-corrected chi connectivity index (χ2v) is 8.02. The van der Waals surface area contributed by atoms with Crippen LogP contribution in [0.4, 0.5) is 5.69 Å². The molecule has 1 aliphatic heterocycles. The summed E-state index contributed by atoms with van der Waals surface area (Å²) >= 11 is 6.07. The van der Waals surface area contributed by atoms with Crippen LogP contribution in [-0.2, 0) is 7.05 Å². The quantitative estimate of drug-likeness (QED) is 0.736. The molecule has 0 bridgehead atoms. The van der Waals surface area contributed by atoms with E-state index in [4.69, 9.17) is 11.6 Å². The molecule has 0 unspecified atom stereocenters. The first-order valence-electron chi connectivity index (χ1n) is 9.30. The van der Waals surface area contributed by atoms with Crippen molar-refractivity contribution in [2.24, 2.45) is 7.05 Å². The van der Waals surface area contributed by atoms with E-state index in [2.05, 4.69) is 9.97 Å². The van der Waals surface area contributed by atoms with Crippen LogP contribution < -0.4 is 10.5 Å². The van der Waals surface area contributed by atoms with Gasteiger partial charge < -0.3 is 9.55 Å². The Morgan fingerprint density at radius 3 is 2.54 bits per heavy atom. The van der Waals surface area contributed by atoms with Crippen molar-refractivity contribution < 1.29 is 4.79 Å². The summed E-state index contributed by atoms with van der Waals surface area (Å²) in [5.41, 5.74) is 3.39. The summed E-state index contributed by atoms with van der Waals surface area (Å²) in [4.78, 5) is 35.2. The number of H-pyrrole nitrogens is 1. The number of aromatic amines is 1. The minimum absolute atomic E-state index is 0.0777. The van der Waals surface area contributed by atoms with Gasteiger partial charge in [-0.1, -0.05) is 23.7 Å². The van der Waals surface area contributed by atoms with Gasteiger partial charge in [0.15, 0.2) is 5.69 Å². The van der Waals surface area contributed by atoms with Gasteiger partial charge in [-0.05, 0) is 43.5 Å². The molecule has 1 amide bonds. The molecule has 1 fully saturated rings. The number of aromatic nitrogens is 3. The van der Waals surface area contributed by atoms with E-state index in [1.807, 2.05) is 24.3 Å². The monoisotopic (exact) mass is 394 g/mol. The van der Waals surface area contributed by atoms with Crippen LogP contribution in [0.2, 0.25) is 5.02 Å². The van der Waals surface area contributed by atoms with Gasteiger partial charge in [0.25, 0.3) is 11.5 Å². The first-order chi connectivity index (χ1) is 13.4. The number of amides is 1. The third-order valence-electron chi connectivity index (χ3n) is 5.48. The molecule has 0 saturated heterocycles. The first-order valence-corrected chi connectivity index (χ1v) is 9.68. The number of aryl methyl sites for hydroxylation is 2. The Balaban J connectivity index is 1.68. The van der Waals surface area contributed by atoms with Gasteiger partial charge in [0, 0.05) is 29.7 Å². The normalized spacial score (nSPS) is 18.6. The Labute approximate surface area is 166 Å². The topological polar surface area (TPSA) is 71.0 Å². The zero-order valence-electron chi connectivity index (χ0n) is 15.6. The molecule has 28 heavy (non-hydrogen) atoms. The predicted octanol–water partition coefficient (Wildman–Crippen LogP) is 3.70. The number of nitrogens with zero attached hydrogens (tertiary/aromatic N) is 3. The minimum Gasteiger partial charge on any atom is -0.343 e. The number of anilines is 1. The fraction of sp³-hybridized carbons (Fsp3) is 0.286. The number of carbonyl (C=O) groups is 1. The fourth-order valence-corrected chi connectivity index (χ4v) is 4.02. The highest BCUT2D eigenvalue weighted by atomic mass is 35.5. The smallest absolute Gasteiger partial charge is 0.279 e. The van der Waals surface area contributed by atoms with Crippen molar-refractivity contribution in [2.45, 2.75) is 31.7 Å². The van der Waals surface area contributed by atoms with E-state index >= 15 is 0 Å². The number of pyridine rings is 1. The van der Waals surface area contributed by atoms with Crippen molar-refractivity contribution in [1.29, 1.82) is 0 Å². The SMILES string of the molecule is Cc1cc(N2C(=O)c3nc(C4CC4)[nH]c3[C@@H]2c2ccc(Cl)cc2)cn(C)c1=O. The van der Waals surface area contributed by atoms with Crippen LogP contribution in [0.15, 0.2) is 41.3 Å². The number of halogens is 1. The number of imidazole rings is 1. The summed E-state index contributed by atoms with van der Waals surface area (Å²) in [6.45, 7) is 1.76. The molecule has 1 aliphatic carbocycles. The lowest BCUT2D eigenvalue weighted by molar-refractivity contribution is 0.0989. The van der Waals surface area contributed by atoms with Crippen molar-refractivity contribution in [1.82, 2.24) is 14.5 Å². The molecule has 1 aromatic carbocycles. The molecule has 7 heteroatoms. The van der Waals surface area contributed by atoms with Gasteiger partial charge >= 0.3 is 0 Å². The van der Waals surface area contributed by atoms with Crippen LogP contribution in [0.25, 0.3) is 0 Å². The lowest BCUT2D eigenvalue weighted by atomic mass is 10.0. The first kappa shape index (κ1) is 17.3. The van der Waals surface area contributed by atoms with Crippen molar-refractivity contribution >= 4 is 23.2 Å². The number of hydrogen-bond donors (Lipinski definition) is 1. The average Bonchev–Trinajstić information content (AvgIpc) is 3.37. The highest BCUT2D eigenvalue weighted by Crippen LogP contribution is 2.44.